The molecule has 1 saturated heterocycles. The van der Waals surface area contributed by atoms with Gasteiger partial charge in [-0.05, 0) is 11.1 Å². The molecule has 0 radical (unpaired) electrons. The van der Waals surface area contributed by atoms with E-state index in [1.165, 1.54) is 10.6 Å². The van der Waals surface area contributed by atoms with Crippen LogP contribution in [0.4, 0.5) is 0 Å². The standard InChI is InChI=1S/C20H20N2O2/c23-19(14-16-8-3-1-4-9-16)22-15-21-13-7-12-18(24-22)20(21)17-10-5-2-6-11-17/h1-12,18,20H,13-15H2. The van der Waals surface area contributed by atoms with Crippen LogP contribution in [0.5, 0.6) is 0 Å². The molecule has 1 amide bonds. The van der Waals surface area contributed by atoms with Crippen LogP contribution in [-0.4, -0.2) is 35.2 Å². The molecule has 3 unspecified atom stereocenters. The first-order chi connectivity index (χ1) is 11.8. The van der Waals surface area contributed by atoms with Gasteiger partial charge in [-0.15, -0.1) is 0 Å². The van der Waals surface area contributed by atoms with Crippen molar-refractivity contribution < 1.29 is 9.63 Å². The predicted octanol–water partition coefficient (Wildman–Crippen LogP) is 2.94. The van der Waals surface area contributed by atoms with E-state index in [0.29, 0.717) is 13.1 Å². The minimum atomic E-state index is -0.130. The maximum Gasteiger partial charge on any atom is 0.251 e. The lowest BCUT2D eigenvalue weighted by Crippen LogP contribution is -2.55. The number of hydrogen-bond acceptors (Lipinski definition) is 3. The molecule has 0 spiro atoms. The van der Waals surface area contributed by atoms with Crippen molar-refractivity contribution in [3.63, 3.8) is 0 Å². The van der Waals surface area contributed by atoms with E-state index in [9.17, 15) is 4.79 Å². The Kier molecular flexibility index (Phi) is 4.15. The highest BCUT2D eigenvalue weighted by Crippen LogP contribution is 2.34. The van der Waals surface area contributed by atoms with Crippen molar-refractivity contribution in [2.24, 2.45) is 0 Å². The van der Waals surface area contributed by atoms with Crippen molar-refractivity contribution in [2.45, 2.75) is 18.6 Å². The number of carbonyl (C=O) groups excluding carboxylic acids is 1. The van der Waals surface area contributed by atoms with Crippen LogP contribution in [-0.2, 0) is 16.1 Å². The highest BCUT2D eigenvalue weighted by atomic mass is 16.7. The molecule has 0 aromatic heterocycles. The largest absolute Gasteiger partial charge is 0.272 e. The van der Waals surface area contributed by atoms with E-state index in [1.807, 2.05) is 48.5 Å². The molecule has 4 rings (SSSR count). The van der Waals surface area contributed by atoms with Gasteiger partial charge in [-0.2, -0.15) is 0 Å². The second-order valence-corrected chi connectivity index (χ2v) is 6.20. The molecule has 0 aliphatic carbocycles. The number of hydroxylamine groups is 2. The fraction of sp³-hybridized carbons (Fsp3) is 0.250. The summed E-state index contributed by atoms with van der Waals surface area (Å²) < 4.78 is 0. The summed E-state index contributed by atoms with van der Waals surface area (Å²) in [5, 5.41) is 1.51. The van der Waals surface area contributed by atoms with E-state index < -0.39 is 0 Å². The van der Waals surface area contributed by atoms with Crippen LogP contribution < -0.4 is 0 Å². The van der Waals surface area contributed by atoms with E-state index in [2.05, 4.69) is 29.2 Å². The topological polar surface area (TPSA) is 32.8 Å². The highest BCUT2D eigenvalue weighted by molar-refractivity contribution is 5.77. The Labute approximate surface area is 141 Å². The average Bonchev–Trinajstić information content (AvgIpc) is 2.62. The molecule has 2 aliphatic heterocycles. The first-order valence-electron chi connectivity index (χ1n) is 8.28. The van der Waals surface area contributed by atoms with Crippen LogP contribution in [0.2, 0.25) is 0 Å². The molecule has 1 fully saturated rings. The van der Waals surface area contributed by atoms with E-state index >= 15 is 0 Å². The van der Waals surface area contributed by atoms with Gasteiger partial charge in [0.25, 0.3) is 5.91 Å². The van der Waals surface area contributed by atoms with Crippen LogP contribution in [0.1, 0.15) is 17.2 Å². The summed E-state index contributed by atoms with van der Waals surface area (Å²) in [4.78, 5) is 20.9. The summed E-state index contributed by atoms with van der Waals surface area (Å²) >= 11 is 0. The molecule has 0 N–H and O–H groups in total. The van der Waals surface area contributed by atoms with Gasteiger partial charge in [-0.1, -0.05) is 72.8 Å². The summed E-state index contributed by atoms with van der Waals surface area (Å²) in [6.07, 6.45) is 4.41. The van der Waals surface area contributed by atoms with Crippen LogP contribution >= 0.6 is 0 Å². The first-order valence-corrected chi connectivity index (χ1v) is 8.28. The number of hydrogen-bond donors (Lipinski definition) is 0. The lowest BCUT2D eigenvalue weighted by Gasteiger charge is -2.46. The minimum Gasteiger partial charge on any atom is -0.272 e. The monoisotopic (exact) mass is 320 g/mol. The fourth-order valence-corrected chi connectivity index (χ4v) is 3.39. The third-order valence-electron chi connectivity index (χ3n) is 4.55. The number of nitrogens with zero attached hydrogens (tertiary/aromatic N) is 2. The van der Waals surface area contributed by atoms with Gasteiger partial charge in [0.2, 0.25) is 0 Å². The zero-order chi connectivity index (χ0) is 16.4. The van der Waals surface area contributed by atoms with Gasteiger partial charge in [0.1, 0.15) is 12.8 Å². The van der Waals surface area contributed by atoms with Gasteiger partial charge in [-0.25, -0.2) is 5.06 Å². The normalized spacial score (nSPS) is 25.5. The fourth-order valence-electron chi connectivity index (χ4n) is 3.39. The summed E-state index contributed by atoms with van der Waals surface area (Å²) in [7, 11) is 0. The molecule has 122 valence electrons. The SMILES string of the molecule is O=C(Cc1ccccc1)N1CN2CC=CC(O1)C2c1ccccc1. The number of amides is 1. The van der Waals surface area contributed by atoms with E-state index in [-0.39, 0.29) is 18.1 Å². The molecule has 2 bridgehead atoms. The van der Waals surface area contributed by atoms with Crippen LogP contribution in [0, 0.1) is 0 Å². The Hall–Kier alpha value is -2.43. The molecule has 2 heterocycles. The average molecular weight is 320 g/mol. The molecular weight excluding hydrogens is 300 g/mol. The Morgan fingerprint density at radius 3 is 2.46 bits per heavy atom. The van der Waals surface area contributed by atoms with Gasteiger partial charge in [0, 0.05) is 6.54 Å². The number of benzene rings is 2. The lowest BCUT2D eigenvalue weighted by molar-refractivity contribution is -0.254. The zero-order valence-corrected chi connectivity index (χ0v) is 13.4. The van der Waals surface area contributed by atoms with Gasteiger partial charge < -0.3 is 0 Å². The van der Waals surface area contributed by atoms with E-state index in [4.69, 9.17) is 4.84 Å². The summed E-state index contributed by atoms with van der Waals surface area (Å²) in [5.74, 6) is -0.00184. The van der Waals surface area contributed by atoms with Crippen molar-refractivity contribution in [1.29, 1.82) is 0 Å². The molecule has 3 atom stereocenters. The molecule has 24 heavy (non-hydrogen) atoms. The summed E-state index contributed by atoms with van der Waals surface area (Å²) in [5.41, 5.74) is 2.23. The second-order valence-electron chi connectivity index (χ2n) is 6.20. The highest BCUT2D eigenvalue weighted by Gasteiger charge is 2.39. The van der Waals surface area contributed by atoms with Crippen LogP contribution in [0.25, 0.3) is 0 Å². The molecular formula is C20H20N2O2. The molecule has 4 heteroatoms. The molecule has 2 aromatic carbocycles. The molecule has 2 aromatic rings. The van der Waals surface area contributed by atoms with Crippen LogP contribution in [0.3, 0.4) is 0 Å². The zero-order valence-electron chi connectivity index (χ0n) is 13.4. The van der Waals surface area contributed by atoms with E-state index in [1.54, 1.807) is 0 Å². The first kappa shape index (κ1) is 15.1. The van der Waals surface area contributed by atoms with Gasteiger partial charge >= 0.3 is 0 Å². The smallest absolute Gasteiger partial charge is 0.251 e. The quantitative estimate of drug-likeness (QED) is 0.815. The minimum absolute atomic E-state index is 0.00184. The summed E-state index contributed by atoms with van der Waals surface area (Å²) in [6.45, 7) is 1.32. The second kappa shape index (κ2) is 6.59. The Morgan fingerprint density at radius 2 is 1.75 bits per heavy atom. The number of carbonyl (C=O) groups is 1. The predicted molar refractivity (Wildman–Crippen MR) is 91.8 cm³/mol. The van der Waals surface area contributed by atoms with Gasteiger partial charge in [0.05, 0.1) is 12.5 Å². The number of rotatable bonds is 3. The van der Waals surface area contributed by atoms with Crippen molar-refractivity contribution in [2.75, 3.05) is 13.2 Å². The van der Waals surface area contributed by atoms with Gasteiger partial charge in [-0.3, -0.25) is 14.5 Å². The molecule has 2 aliphatic rings. The maximum atomic E-state index is 12.6. The van der Waals surface area contributed by atoms with Crippen molar-refractivity contribution in [3.8, 4) is 0 Å². The van der Waals surface area contributed by atoms with Crippen molar-refractivity contribution in [1.82, 2.24) is 9.96 Å². The Balaban J connectivity index is 1.50. The Morgan fingerprint density at radius 1 is 1.04 bits per heavy atom. The maximum absolute atomic E-state index is 12.6. The van der Waals surface area contributed by atoms with E-state index in [0.717, 1.165) is 12.1 Å². The molecule has 4 nitrogen and oxygen atoms in total. The van der Waals surface area contributed by atoms with Crippen molar-refractivity contribution in [3.05, 3.63) is 83.9 Å². The molecule has 0 saturated carbocycles. The Bertz CT molecular complexity index is 730. The van der Waals surface area contributed by atoms with Crippen LogP contribution in [0.15, 0.2) is 72.8 Å². The lowest BCUT2D eigenvalue weighted by atomic mass is 9.96. The third kappa shape index (κ3) is 2.98. The van der Waals surface area contributed by atoms with Gasteiger partial charge in [0.15, 0.2) is 0 Å². The van der Waals surface area contributed by atoms with Crippen molar-refractivity contribution >= 4 is 5.91 Å². The number of fused-ring (bicyclic) bond motifs is 2. The summed E-state index contributed by atoms with van der Waals surface area (Å²) in [6, 6.07) is 20.3. The third-order valence-corrected chi connectivity index (χ3v) is 4.55.